The van der Waals surface area contributed by atoms with Crippen molar-refractivity contribution < 1.29 is 9.90 Å². The first kappa shape index (κ1) is 25.3. The van der Waals surface area contributed by atoms with Crippen LogP contribution in [0.1, 0.15) is 43.4 Å². The van der Waals surface area contributed by atoms with Gasteiger partial charge in [-0.2, -0.15) is 0 Å². The van der Waals surface area contributed by atoms with Crippen molar-refractivity contribution in [2.45, 2.75) is 46.3 Å². The van der Waals surface area contributed by atoms with Crippen molar-refractivity contribution in [1.29, 1.82) is 0 Å². The number of pyridine rings is 1. The molecule has 2 heterocycles. The topological polar surface area (TPSA) is 65.5 Å². The van der Waals surface area contributed by atoms with Crippen LogP contribution < -0.4 is 5.32 Å². The van der Waals surface area contributed by atoms with Gasteiger partial charge in [-0.3, -0.25) is 14.7 Å². The van der Waals surface area contributed by atoms with E-state index in [2.05, 4.69) is 40.5 Å². The molecule has 1 saturated heterocycles. The van der Waals surface area contributed by atoms with Crippen LogP contribution in [0.4, 0.5) is 0 Å². The number of amides is 1. The lowest BCUT2D eigenvalue weighted by Crippen LogP contribution is -2.35. The van der Waals surface area contributed by atoms with E-state index < -0.39 is 0 Å². The number of carbonyl (C=O) groups is 1. The fraction of sp³-hybridized carbons (Fsp3) is 0.310. The van der Waals surface area contributed by atoms with Crippen LogP contribution in [0.25, 0.3) is 16.7 Å². The standard InChI is InChI=1S/C29H35N3O2/c1-6-26(10-7-20(2)3)31-29(34)22(5)28-16-24(9-8-21(28)4)25-15-23(17-30-18-25)19-32-13-11-27(33)12-14-32/h6-10,15-18,27,33H,2,5,11-14,19H2,1,3-4H3,(H,31,34)/b10-7-,26-6+. The van der Waals surface area contributed by atoms with E-state index in [1.165, 1.54) is 0 Å². The van der Waals surface area contributed by atoms with Crippen LogP contribution in [0.15, 0.2) is 79.3 Å². The van der Waals surface area contributed by atoms with Gasteiger partial charge in [0.25, 0.3) is 5.91 Å². The third-order valence-electron chi connectivity index (χ3n) is 6.04. The second-order valence-electron chi connectivity index (χ2n) is 8.98. The number of allylic oxidation sites excluding steroid dienone is 4. The Morgan fingerprint density at radius 1 is 1.18 bits per heavy atom. The van der Waals surface area contributed by atoms with Gasteiger partial charge in [0, 0.05) is 48.9 Å². The summed E-state index contributed by atoms with van der Waals surface area (Å²) in [6.45, 7) is 16.3. The van der Waals surface area contributed by atoms with Crippen LogP contribution >= 0.6 is 0 Å². The lowest BCUT2D eigenvalue weighted by atomic mass is 9.95. The van der Waals surface area contributed by atoms with Crippen LogP contribution in [-0.2, 0) is 11.3 Å². The number of piperidine rings is 1. The maximum atomic E-state index is 12.9. The van der Waals surface area contributed by atoms with Gasteiger partial charge >= 0.3 is 0 Å². The summed E-state index contributed by atoms with van der Waals surface area (Å²) in [5, 5.41) is 12.7. The smallest absolute Gasteiger partial charge is 0.255 e. The van der Waals surface area contributed by atoms with E-state index in [-0.39, 0.29) is 12.0 Å². The van der Waals surface area contributed by atoms with Crippen LogP contribution in [0, 0.1) is 6.92 Å². The Morgan fingerprint density at radius 2 is 1.91 bits per heavy atom. The zero-order valence-corrected chi connectivity index (χ0v) is 20.5. The molecule has 1 aromatic heterocycles. The Kier molecular flexibility index (Phi) is 8.74. The molecule has 2 aromatic rings. The number of nitrogens with zero attached hydrogens (tertiary/aromatic N) is 2. The van der Waals surface area contributed by atoms with E-state index in [1.54, 1.807) is 0 Å². The highest BCUT2D eigenvalue weighted by Crippen LogP contribution is 2.27. The van der Waals surface area contributed by atoms with E-state index in [0.717, 1.165) is 65.9 Å². The molecule has 5 heteroatoms. The molecule has 1 aromatic carbocycles. The second-order valence-corrected chi connectivity index (χ2v) is 8.98. The van der Waals surface area contributed by atoms with E-state index in [0.29, 0.717) is 11.3 Å². The van der Waals surface area contributed by atoms with E-state index >= 15 is 0 Å². The van der Waals surface area contributed by atoms with Crippen molar-refractivity contribution >= 4 is 11.5 Å². The summed E-state index contributed by atoms with van der Waals surface area (Å²) in [6.07, 6.45) is 10.7. The van der Waals surface area contributed by atoms with Gasteiger partial charge in [0.1, 0.15) is 0 Å². The number of carbonyl (C=O) groups excluding carboxylic acids is 1. The van der Waals surface area contributed by atoms with E-state index in [4.69, 9.17) is 0 Å². The molecule has 1 aliphatic heterocycles. The largest absolute Gasteiger partial charge is 0.393 e. The van der Waals surface area contributed by atoms with Gasteiger partial charge in [0.2, 0.25) is 0 Å². The molecule has 1 fully saturated rings. The molecule has 3 rings (SSSR count). The molecule has 5 nitrogen and oxygen atoms in total. The normalized spacial score (nSPS) is 15.5. The summed E-state index contributed by atoms with van der Waals surface area (Å²) in [4.78, 5) is 19.7. The van der Waals surface area contributed by atoms with Crippen LogP contribution in [0.3, 0.4) is 0 Å². The fourth-order valence-electron chi connectivity index (χ4n) is 3.97. The molecule has 0 saturated carbocycles. The number of benzene rings is 1. The number of aliphatic hydroxyl groups excluding tert-OH is 1. The molecular weight excluding hydrogens is 422 g/mol. The summed E-state index contributed by atoms with van der Waals surface area (Å²) in [5.74, 6) is -0.237. The highest BCUT2D eigenvalue weighted by molar-refractivity contribution is 6.20. The summed E-state index contributed by atoms with van der Waals surface area (Å²) >= 11 is 0. The van der Waals surface area contributed by atoms with Crippen LogP contribution in [-0.4, -0.2) is 40.1 Å². The molecule has 2 N–H and O–H groups in total. The predicted octanol–water partition coefficient (Wildman–Crippen LogP) is 5.18. The molecule has 178 valence electrons. The molecule has 0 atom stereocenters. The van der Waals surface area contributed by atoms with Gasteiger partial charge in [-0.15, -0.1) is 0 Å². The van der Waals surface area contributed by atoms with Crippen LogP contribution in [0.2, 0.25) is 0 Å². The monoisotopic (exact) mass is 457 g/mol. The minimum Gasteiger partial charge on any atom is -0.393 e. The lowest BCUT2D eigenvalue weighted by Gasteiger charge is -2.29. The van der Waals surface area contributed by atoms with Gasteiger partial charge in [0.15, 0.2) is 0 Å². The summed E-state index contributed by atoms with van der Waals surface area (Å²) in [7, 11) is 0. The molecule has 1 amide bonds. The molecule has 0 radical (unpaired) electrons. The average Bonchev–Trinajstić information content (AvgIpc) is 2.83. The number of aryl methyl sites for hydroxylation is 1. The van der Waals surface area contributed by atoms with Crippen molar-refractivity contribution in [3.8, 4) is 11.1 Å². The number of hydrogen-bond acceptors (Lipinski definition) is 4. The molecular formula is C29H35N3O2. The maximum absolute atomic E-state index is 12.9. The Bertz CT molecular complexity index is 1120. The summed E-state index contributed by atoms with van der Waals surface area (Å²) in [6, 6.07) is 8.22. The third-order valence-corrected chi connectivity index (χ3v) is 6.04. The molecule has 1 aliphatic rings. The SMILES string of the molecule is C=C(C)/C=C\C(=C/C)NC(=O)C(=C)c1cc(-c2cncc(CN3CCC(O)CC3)c2)ccc1C. The number of hydrogen-bond donors (Lipinski definition) is 2. The molecule has 0 aliphatic carbocycles. The van der Waals surface area contributed by atoms with Crippen molar-refractivity contribution in [3.63, 3.8) is 0 Å². The maximum Gasteiger partial charge on any atom is 0.255 e. The Morgan fingerprint density at radius 3 is 2.59 bits per heavy atom. The zero-order chi connectivity index (χ0) is 24.7. The number of nitrogens with one attached hydrogen (secondary N) is 1. The number of rotatable bonds is 8. The average molecular weight is 458 g/mol. The first-order chi connectivity index (χ1) is 16.3. The molecule has 0 spiro atoms. The van der Waals surface area contributed by atoms with Gasteiger partial charge in [-0.1, -0.05) is 43.0 Å². The van der Waals surface area contributed by atoms with E-state index in [9.17, 15) is 9.90 Å². The third kappa shape index (κ3) is 6.86. The number of aliphatic hydroxyl groups is 1. The predicted molar refractivity (Wildman–Crippen MR) is 140 cm³/mol. The summed E-state index contributed by atoms with van der Waals surface area (Å²) in [5.41, 5.74) is 6.95. The Labute approximate surface area is 203 Å². The summed E-state index contributed by atoms with van der Waals surface area (Å²) < 4.78 is 0. The minimum absolute atomic E-state index is 0.178. The zero-order valence-electron chi connectivity index (χ0n) is 20.5. The molecule has 0 bridgehead atoms. The van der Waals surface area contributed by atoms with Gasteiger partial charge < -0.3 is 10.4 Å². The van der Waals surface area contributed by atoms with E-state index in [1.807, 2.05) is 63.5 Å². The van der Waals surface area contributed by atoms with Crippen molar-refractivity contribution in [2.75, 3.05) is 13.1 Å². The number of likely N-dealkylation sites (tertiary alicyclic amines) is 1. The highest BCUT2D eigenvalue weighted by Gasteiger charge is 2.18. The fourth-order valence-corrected chi connectivity index (χ4v) is 3.97. The van der Waals surface area contributed by atoms with Crippen molar-refractivity contribution in [3.05, 3.63) is 96.0 Å². The number of aromatic nitrogens is 1. The van der Waals surface area contributed by atoms with Gasteiger partial charge in [-0.25, -0.2) is 0 Å². The van der Waals surface area contributed by atoms with Crippen LogP contribution in [0.5, 0.6) is 0 Å². The van der Waals surface area contributed by atoms with Gasteiger partial charge in [0.05, 0.1) is 6.10 Å². The van der Waals surface area contributed by atoms with Gasteiger partial charge in [-0.05, 0) is 74.1 Å². The highest BCUT2D eigenvalue weighted by atomic mass is 16.3. The Hall–Kier alpha value is -3.28. The minimum atomic E-state index is -0.237. The first-order valence-electron chi connectivity index (χ1n) is 11.7. The Balaban J connectivity index is 1.77. The quantitative estimate of drug-likeness (QED) is 0.423. The van der Waals surface area contributed by atoms with Crippen molar-refractivity contribution in [2.24, 2.45) is 0 Å². The molecule has 0 unspecified atom stereocenters. The van der Waals surface area contributed by atoms with Crippen molar-refractivity contribution in [1.82, 2.24) is 15.2 Å². The second kappa shape index (κ2) is 11.7. The molecule has 34 heavy (non-hydrogen) atoms. The first-order valence-corrected chi connectivity index (χ1v) is 11.7. The lowest BCUT2D eigenvalue weighted by molar-refractivity contribution is -0.114.